The van der Waals surface area contributed by atoms with E-state index in [4.69, 9.17) is 4.98 Å². The van der Waals surface area contributed by atoms with Crippen LogP contribution in [0.3, 0.4) is 0 Å². The van der Waals surface area contributed by atoms with Crippen molar-refractivity contribution in [1.29, 1.82) is 0 Å². The Morgan fingerprint density at radius 1 is 1.30 bits per heavy atom. The van der Waals surface area contributed by atoms with Gasteiger partial charge in [0.1, 0.15) is 5.82 Å². The molecule has 4 heterocycles. The summed E-state index contributed by atoms with van der Waals surface area (Å²) in [5.41, 5.74) is 4.35. The van der Waals surface area contributed by atoms with Gasteiger partial charge in [-0.05, 0) is 50.8 Å². The summed E-state index contributed by atoms with van der Waals surface area (Å²) in [6, 6.07) is 3.49. The maximum Gasteiger partial charge on any atom is 0.412 e. The van der Waals surface area contributed by atoms with E-state index in [1.165, 1.54) is 4.90 Å². The number of anilines is 1. The van der Waals surface area contributed by atoms with Crippen molar-refractivity contribution >= 4 is 32.7 Å². The van der Waals surface area contributed by atoms with Gasteiger partial charge in [0.2, 0.25) is 0 Å². The van der Waals surface area contributed by atoms with Gasteiger partial charge in [-0.3, -0.25) is 9.58 Å². The van der Waals surface area contributed by atoms with Crippen molar-refractivity contribution in [2.24, 2.45) is 0 Å². The molecule has 3 atom stereocenters. The molecular weight excluding hydrogens is 442 g/mol. The van der Waals surface area contributed by atoms with Crippen LogP contribution >= 0.6 is 0 Å². The number of fused-ring (bicyclic) bond motifs is 3. The molecule has 10 heteroatoms. The van der Waals surface area contributed by atoms with E-state index >= 15 is 0 Å². The quantitative estimate of drug-likeness (QED) is 0.623. The summed E-state index contributed by atoms with van der Waals surface area (Å²) in [4.78, 5) is 18.4. The molecule has 33 heavy (non-hydrogen) atoms. The molecule has 0 spiro atoms. The highest BCUT2D eigenvalue weighted by molar-refractivity contribution is 7.91. The highest BCUT2D eigenvalue weighted by Crippen LogP contribution is 2.39. The van der Waals surface area contributed by atoms with Crippen LogP contribution in [0.25, 0.3) is 11.0 Å². The molecule has 2 aliphatic heterocycles. The van der Waals surface area contributed by atoms with Gasteiger partial charge in [-0.2, -0.15) is 5.10 Å². The van der Waals surface area contributed by atoms with E-state index in [-0.39, 0.29) is 29.5 Å². The van der Waals surface area contributed by atoms with E-state index in [2.05, 4.69) is 16.6 Å². The Hall–Kier alpha value is -2.88. The van der Waals surface area contributed by atoms with Crippen LogP contribution in [-0.4, -0.2) is 56.5 Å². The Morgan fingerprint density at radius 2 is 2.09 bits per heavy atom. The maximum atomic E-state index is 12.3. The fourth-order valence-corrected chi connectivity index (χ4v) is 7.05. The van der Waals surface area contributed by atoms with Crippen molar-refractivity contribution in [3.05, 3.63) is 41.5 Å². The number of carbonyl (C=O) groups is 1. The molecular formula is C23H29N5O4S. The van der Waals surface area contributed by atoms with Crippen molar-refractivity contribution in [2.45, 2.75) is 64.6 Å². The second-order valence-electron chi connectivity index (χ2n) is 9.51. The Morgan fingerprint density at radius 3 is 2.73 bits per heavy atom. The predicted octanol–water partition coefficient (Wildman–Crippen LogP) is 3.52. The number of amides is 1. The number of hydrogen-bond acceptors (Lipinski definition) is 5. The summed E-state index contributed by atoms with van der Waals surface area (Å²) in [5, 5.41) is 14.2. The van der Waals surface area contributed by atoms with E-state index in [1.54, 1.807) is 0 Å². The van der Waals surface area contributed by atoms with Gasteiger partial charge in [0.25, 0.3) is 0 Å². The van der Waals surface area contributed by atoms with Gasteiger partial charge < -0.3 is 9.67 Å². The van der Waals surface area contributed by atoms with Crippen LogP contribution in [0.2, 0.25) is 0 Å². The largest absolute Gasteiger partial charge is 0.465 e. The Labute approximate surface area is 192 Å². The standard InChI is InChI=1S/C23H29N5O4S/c1-14-10-24-26(11-14)12-15(2)22-25-21-18-5-4-16(3)27(23(29)30)19(18)6-7-20(21)28(22)17-8-9-33(31,32)13-17/h6-7,10-11,15-17H,4-5,8-9,12-13H2,1-3H3,(H,29,30)/t15?,16-,17+/m0/s1. The number of sulfone groups is 1. The van der Waals surface area contributed by atoms with E-state index < -0.39 is 15.9 Å². The van der Waals surface area contributed by atoms with E-state index in [9.17, 15) is 18.3 Å². The third-order valence-corrected chi connectivity index (χ3v) is 8.68. The number of rotatable bonds is 4. The van der Waals surface area contributed by atoms with Gasteiger partial charge in [0, 0.05) is 23.7 Å². The zero-order valence-electron chi connectivity index (χ0n) is 19.1. The van der Waals surface area contributed by atoms with Crippen LogP contribution in [-0.2, 0) is 22.8 Å². The second-order valence-corrected chi connectivity index (χ2v) is 11.7. The van der Waals surface area contributed by atoms with Gasteiger partial charge in [-0.15, -0.1) is 0 Å². The van der Waals surface area contributed by atoms with Crippen molar-refractivity contribution in [1.82, 2.24) is 19.3 Å². The van der Waals surface area contributed by atoms with E-state index in [0.29, 0.717) is 18.7 Å². The first-order valence-electron chi connectivity index (χ1n) is 11.4. The first-order valence-corrected chi connectivity index (χ1v) is 13.2. The highest BCUT2D eigenvalue weighted by Gasteiger charge is 2.35. The third kappa shape index (κ3) is 3.80. The number of hydrogen-bond donors (Lipinski definition) is 1. The fourth-order valence-electron chi connectivity index (χ4n) is 5.35. The minimum atomic E-state index is -3.08. The first-order chi connectivity index (χ1) is 15.6. The molecule has 0 radical (unpaired) electrons. The van der Waals surface area contributed by atoms with Crippen LogP contribution in [0, 0.1) is 6.92 Å². The zero-order valence-corrected chi connectivity index (χ0v) is 19.9. The van der Waals surface area contributed by atoms with Gasteiger partial charge >= 0.3 is 6.09 Å². The molecule has 0 saturated carbocycles. The molecule has 1 fully saturated rings. The lowest BCUT2D eigenvalue weighted by Gasteiger charge is -2.33. The lowest BCUT2D eigenvalue weighted by Crippen LogP contribution is -2.41. The van der Waals surface area contributed by atoms with E-state index in [0.717, 1.165) is 40.8 Å². The normalized spacial score (nSPS) is 23.1. The van der Waals surface area contributed by atoms with Crippen molar-refractivity contribution in [2.75, 3.05) is 16.4 Å². The summed E-state index contributed by atoms with van der Waals surface area (Å²) in [6.45, 7) is 6.62. The van der Waals surface area contributed by atoms with Gasteiger partial charge in [-0.1, -0.05) is 6.92 Å². The summed E-state index contributed by atoms with van der Waals surface area (Å²) < 4.78 is 28.6. The summed E-state index contributed by atoms with van der Waals surface area (Å²) in [5.74, 6) is 1.11. The second kappa shape index (κ2) is 7.86. The Kier molecular flexibility index (Phi) is 5.23. The molecule has 1 unspecified atom stereocenters. The Bertz CT molecular complexity index is 1340. The zero-order chi connectivity index (χ0) is 23.5. The molecule has 5 rings (SSSR count). The first kappa shape index (κ1) is 21.9. The number of imidazole rings is 1. The monoisotopic (exact) mass is 471 g/mol. The molecule has 1 N–H and O–H groups in total. The summed E-state index contributed by atoms with van der Waals surface area (Å²) in [7, 11) is -3.08. The van der Waals surface area contributed by atoms with Crippen LogP contribution in [0.15, 0.2) is 24.5 Å². The number of nitrogens with zero attached hydrogens (tertiary/aromatic N) is 5. The van der Waals surface area contributed by atoms with Crippen molar-refractivity contribution in [3.8, 4) is 0 Å². The Balaban J connectivity index is 1.66. The minimum Gasteiger partial charge on any atom is -0.465 e. The SMILES string of the molecule is Cc1cnn(CC(C)c2nc3c4c(ccc3n2[C@@H]2CCS(=O)(=O)C2)N(C(=O)O)[C@@H](C)CC4)c1. The fraction of sp³-hybridized carbons (Fsp3) is 0.522. The molecule has 1 saturated heterocycles. The van der Waals surface area contributed by atoms with Gasteiger partial charge in [0.15, 0.2) is 9.84 Å². The van der Waals surface area contributed by atoms with Crippen molar-refractivity contribution < 1.29 is 18.3 Å². The number of carboxylic acid groups (broad SMARTS) is 1. The van der Waals surface area contributed by atoms with Crippen LogP contribution < -0.4 is 4.90 Å². The van der Waals surface area contributed by atoms with E-state index in [1.807, 2.05) is 43.1 Å². The molecule has 1 aromatic carbocycles. The molecule has 176 valence electrons. The molecule has 9 nitrogen and oxygen atoms in total. The molecule has 3 aromatic rings. The minimum absolute atomic E-state index is 0.00579. The predicted molar refractivity (Wildman–Crippen MR) is 126 cm³/mol. The van der Waals surface area contributed by atoms with Crippen molar-refractivity contribution in [3.63, 3.8) is 0 Å². The summed E-state index contributed by atoms with van der Waals surface area (Å²) in [6.07, 6.45) is 4.86. The van der Waals surface area contributed by atoms with Crippen LogP contribution in [0.1, 0.15) is 55.6 Å². The topological polar surface area (TPSA) is 110 Å². The molecule has 0 bridgehead atoms. The number of aryl methyl sites for hydroxylation is 2. The average molecular weight is 472 g/mol. The van der Waals surface area contributed by atoms with Crippen LogP contribution in [0.5, 0.6) is 0 Å². The molecule has 2 aliphatic rings. The maximum absolute atomic E-state index is 12.3. The van der Waals surface area contributed by atoms with Gasteiger partial charge in [0.05, 0.1) is 47.0 Å². The van der Waals surface area contributed by atoms with Gasteiger partial charge in [-0.25, -0.2) is 18.2 Å². The lowest BCUT2D eigenvalue weighted by atomic mass is 9.95. The summed E-state index contributed by atoms with van der Waals surface area (Å²) >= 11 is 0. The average Bonchev–Trinajstić information content (AvgIpc) is 3.43. The lowest BCUT2D eigenvalue weighted by molar-refractivity contribution is 0.198. The smallest absolute Gasteiger partial charge is 0.412 e. The van der Waals surface area contributed by atoms with Crippen LogP contribution in [0.4, 0.5) is 10.5 Å². The third-order valence-electron chi connectivity index (χ3n) is 6.93. The number of benzene rings is 1. The molecule has 2 aromatic heterocycles. The molecule has 0 aliphatic carbocycles. The molecule has 1 amide bonds. The number of aromatic nitrogens is 4. The highest BCUT2D eigenvalue weighted by atomic mass is 32.2.